The number of hydrogen-bond donors (Lipinski definition) is 1. The fourth-order valence-corrected chi connectivity index (χ4v) is 2.25. The summed E-state index contributed by atoms with van der Waals surface area (Å²) in [6, 6.07) is 6.61. The average Bonchev–Trinajstić information content (AvgIpc) is 2.37. The van der Waals surface area contributed by atoms with Gasteiger partial charge in [-0.25, -0.2) is 0 Å². The summed E-state index contributed by atoms with van der Waals surface area (Å²) in [5.41, 5.74) is 1.04. The van der Waals surface area contributed by atoms with Crippen molar-refractivity contribution in [1.29, 1.82) is 0 Å². The van der Waals surface area contributed by atoms with Crippen molar-refractivity contribution in [1.82, 2.24) is 5.32 Å². The van der Waals surface area contributed by atoms with Gasteiger partial charge >= 0.3 is 6.36 Å². The standard InChI is InChI=1S/C16H24F3NO/c1-4-5-14(11-20-12(2)3)10-13-6-8-15(9-7-13)21-16(17,18)19/h6-9,12,14,20H,4-5,10-11H2,1-3H3. The minimum atomic E-state index is -4.63. The first kappa shape index (κ1) is 17.8. The molecule has 1 aromatic rings. The molecular formula is C16H24F3NO. The molecule has 0 bridgehead atoms. The molecule has 1 aromatic carbocycles. The van der Waals surface area contributed by atoms with Crippen molar-refractivity contribution in [2.45, 2.75) is 52.4 Å². The Morgan fingerprint density at radius 3 is 2.24 bits per heavy atom. The van der Waals surface area contributed by atoms with Gasteiger partial charge in [0.05, 0.1) is 0 Å². The molecule has 1 unspecified atom stereocenters. The Hall–Kier alpha value is -1.23. The lowest BCUT2D eigenvalue weighted by atomic mass is 9.94. The maximum Gasteiger partial charge on any atom is 0.573 e. The normalized spacial score (nSPS) is 13.5. The molecular weight excluding hydrogens is 279 g/mol. The summed E-state index contributed by atoms with van der Waals surface area (Å²) in [6.07, 6.45) is -1.58. The molecule has 2 nitrogen and oxygen atoms in total. The van der Waals surface area contributed by atoms with Crippen molar-refractivity contribution < 1.29 is 17.9 Å². The van der Waals surface area contributed by atoms with Gasteiger partial charge in [-0.3, -0.25) is 0 Å². The third-order valence-electron chi connectivity index (χ3n) is 3.19. The monoisotopic (exact) mass is 303 g/mol. The minimum absolute atomic E-state index is 0.168. The molecule has 1 rings (SSSR count). The third-order valence-corrected chi connectivity index (χ3v) is 3.19. The summed E-state index contributed by atoms with van der Waals surface area (Å²) in [5, 5.41) is 3.42. The molecule has 1 N–H and O–H groups in total. The molecule has 0 spiro atoms. The van der Waals surface area contributed by atoms with Gasteiger partial charge in [0, 0.05) is 6.04 Å². The Balaban J connectivity index is 2.58. The predicted molar refractivity (Wildman–Crippen MR) is 78.4 cm³/mol. The Morgan fingerprint density at radius 1 is 1.14 bits per heavy atom. The van der Waals surface area contributed by atoms with Gasteiger partial charge in [-0.15, -0.1) is 13.2 Å². The number of benzene rings is 1. The van der Waals surface area contributed by atoms with E-state index in [9.17, 15) is 13.2 Å². The van der Waals surface area contributed by atoms with Gasteiger partial charge in [-0.1, -0.05) is 39.3 Å². The van der Waals surface area contributed by atoms with Gasteiger partial charge in [0.25, 0.3) is 0 Å². The van der Waals surface area contributed by atoms with Gasteiger partial charge in [-0.05, 0) is 43.0 Å². The molecule has 0 fully saturated rings. The Bertz CT molecular complexity index is 401. The first-order valence-electron chi connectivity index (χ1n) is 7.38. The van der Waals surface area contributed by atoms with Crippen LogP contribution in [0.3, 0.4) is 0 Å². The van der Waals surface area contributed by atoms with Crippen molar-refractivity contribution in [3.05, 3.63) is 29.8 Å². The number of halogens is 3. The van der Waals surface area contributed by atoms with Crippen LogP contribution in [0, 0.1) is 5.92 Å². The first-order valence-corrected chi connectivity index (χ1v) is 7.38. The quantitative estimate of drug-likeness (QED) is 0.761. The second-order valence-electron chi connectivity index (χ2n) is 5.61. The van der Waals surface area contributed by atoms with Crippen LogP contribution in [0.2, 0.25) is 0 Å². The topological polar surface area (TPSA) is 21.3 Å². The van der Waals surface area contributed by atoms with Crippen molar-refractivity contribution in [2.24, 2.45) is 5.92 Å². The molecule has 0 aromatic heterocycles. The molecule has 0 radical (unpaired) electrons. The number of ether oxygens (including phenoxy) is 1. The maximum absolute atomic E-state index is 12.1. The molecule has 5 heteroatoms. The maximum atomic E-state index is 12.1. The Kier molecular flexibility index (Phi) is 7.02. The molecule has 0 aliphatic rings. The molecule has 1 atom stereocenters. The van der Waals surface area contributed by atoms with Crippen LogP contribution < -0.4 is 10.1 Å². The number of hydrogen-bond acceptors (Lipinski definition) is 2. The summed E-state index contributed by atoms with van der Waals surface area (Å²) in [7, 11) is 0. The highest BCUT2D eigenvalue weighted by Crippen LogP contribution is 2.23. The SMILES string of the molecule is CCCC(CNC(C)C)Cc1ccc(OC(F)(F)F)cc1. The Labute approximate surface area is 124 Å². The van der Waals surface area contributed by atoms with E-state index in [1.165, 1.54) is 12.1 Å². The largest absolute Gasteiger partial charge is 0.573 e. The van der Waals surface area contributed by atoms with E-state index >= 15 is 0 Å². The summed E-state index contributed by atoms with van der Waals surface area (Å²) >= 11 is 0. The molecule has 0 aliphatic carbocycles. The van der Waals surface area contributed by atoms with E-state index in [1.54, 1.807) is 12.1 Å². The van der Waals surface area contributed by atoms with Crippen LogP contribution in [-0.4, -0.2) is 18.9 Å². The van der Waals surface area contributed by atoms with E-state index in [1.807, 2.05) is 0 Å². The van der Waals surface area contributed by atoms with Crippen LogP contribution in [0.25, 0.3) is 0 Å². The van der Waals surface area contributed by atoms with E-state index in [0.717, 1.165) is 31.4 Å². The second kappa shape index (κ2) is 8.27. The van der Waals surface area contributed by atoms with Crippen LogP contribution >= 0.6 is 0 Å². The summed E-state index contributed by atoms with van der Waals surface area (Å²) in [4.78, 5) is 0. The van der Waals surface area contributed by atoms with Crippen LogP contribution in [0.4, 0.5) is 13.2 Å². The molecule has 0 amide bonds. The van der Waals surface area contributed by atoms with E-state index in [2.05, 4.69) is 30.8 Å². The van der Waals surface area contributed by atoms with Gasteiger partial charge in [0.1, 0.15) is 5.75 Å². The summed E-state index contributed by atoms with van der Waals surface area (Å²) in [5.74, 6) is 0.324. The van der Waals surface area contributed by atoms with Gasteiger partial charge in [0.2, 0.25) is 0 Å². The van der Waals surface area contributed by atoms with Crippen LogP contribution in [0.5, 0.6) is 5.75 Å². The highest BCUT2D eigenvalue weighted by Gasteiger charge is 2.30. The lowest BCUT2D eigenvalue weighted by Crippen LogP contribution is -2.29. The van der Waals surface area contributed by atoms with Crippen LogP contribution in [0.15, 0.2) is 24.3 Å². The van der Waals surface area contributed by atoms with Crippen molar-refractivity contribution >= 4 is 0 Å². The van der Waals surface area contributed by atoms with E-state index in [0.29, 0.717) is 12.0 Å². The van der Waals surface area contributed by atoms with Crippen LogP contribution in [-0.2, 0) is 6.42 Å². The van der Waals surface area contributed by atoms with Crippen molar-refractivity contribution in [3.8, 4) is 5.75 Å². The molecule has 120 valence electrons. The van der Waals surface area contributed by atoms with E-state index in [4.69, 9.17) is 0 Å². The van der Waals surface area contributed by atoms with Crippen molar-refractivity contribution in [3.63, 3.8) is 0 Å². The second-order valence-corrected chi connectivity index (χ2v) is 5.61. The fourth-order valence-electron chi connectivity index (χ4n) is 2.25. The van der Waals surface area contributed by atoms with Gasteiger partial charge in [-0.2, -0.15) is 0 Å². The molecule has 0 saturated heterocycles. The molecule has 0 aliphatic heterocycles. The van der Waals surface area contributed by atoms with Gasteiger partial charge < -0.3 is 10.1 Å². The third kappa shape index (κ3) is 7.95. The zero-order valence-corrected chi connectivity index (χ0v) is 12.8. The lowest BCUT2D eigenvalue weighted by molar-refractivity contribution is -0.274. The zero-order chi connectivity index (χ0) is 15.9. The van der Waals surface area contributed by atoms with Crippen molar-refractivity contribution in [2.75, 3.05) is 6.54 Å². The molecule has 0 saturated carbocycles. The summed E-state index contributed by atoms with van der Waals surface area (Å²) < 4.78 is 40.2. The fraction of sp³-hybridized carbons (Fsp3) is 0.625. The minimum Gasteiger partial charge on any atom is -0.406 e. The lowest BCUT2D eigenvalue weighted by Gasteiger charge is -2.19. The average molecular weight is 303 g/mol. The van der Waals surface area contributed by atoms with Crippen LogP contribution in [0.1, 0.15) is 39.2 Å². The number of alkyl halides is 3. The number of nitrogens with one attached hydrogen (secondary N) is 1. The highest BCUT2D eigenvalue weighted by molar-refractivity contribution is 5.27. The Morgan fingerprint density at radius 2 is 1.76 bits per heavy atom. The smallest absolute Gasteiger partial charge is 0.406 e. The zero-order valence-electron chi connectivity index (χ0n) is 12.8. The molecule has 21 heavy (non-hydrogen) atoms. The van der Waals surface area contributed by atoms with E-state index < -0.39 is 6.36 Å². The molecule has 0 heterocycles. The predicted octanol–water partition coefficient (Wildman–Crippen LogP) is 4.54. The summed E-state index contributed by atoms with van der Waals surface area (Å²) in [6.45, 7) is 7.27. The number of rotatable bonds is 8. The van der Waals surface area contributed by atoms with Gasteiger partial charge in [0.15, 0.2) is 0 Å². The van der Waals surface area contributed by atoms with E-state index in [-0.39, 0.29) is 5.75 Å². The highest BCUT2D eigenvalue weighted by atomic mass is 19.4. The first-order chi connectivity index (χ1) is 9.80.